The van der Waals surface area contributed by atoms with E-state index in [2.05, 4.69) is 22.6 Å². The second-order valence-corrected chi connectivity index (χ2v) is 6.80. The number of benzene rings is 1. The summed E-state index contributed by atoms with van der Waals surface area (Å²) in [6.45, 7) is 0. The Morgan fingerprint density at radius 2 is 2.17 bits per heavy atom. The van der Waals surface area contributed by atoms with Gasteiger partial charge in [-0.05, 0) is 40.3 Å². The Morgan fingerprint density at radius 3 is 2.72 bits per heavy atom. The summed E-state index contributed by atoms with van der Waals surface area (Å²) < 4.78 is 1.02. The van der Waals surface area contributed by atoms with Crippen molar-refractivity contribution >= 4 is 51.3 Å². The largest absolute Gasteiger partial charge is 0.292 e. The van der Waals surface area contributed by atoms with Crippen LogP contribution in [0.3, 0.4) is 0 Å². The zero-order valence-electron chi connectivity index (χ0n) is 9.06. The van der Waals surface area contributed by atoms with Crippen LogP contribution in [0.4, 0.5) is 0 Å². The third-order valence-corrected chi connectivity index (χ3v) is 4.59. The lowest BCUT2D eigenvalue weighted by Crippen LogP contribution is -2.10. The second kappa shape index (κ2) is 5.83. The van der Waals surface area contributed by atoms with Gasteiger partial charge < -0.3 is 0 Å². The fourth-order valence-corrected chi connectivity index (χ4v) is 3.17. The van der Waals surface area contributed by atoms with Crippen molar-refractivity contribution in [3.63, 3.8) is 0 Å². The fraction of sp³-hybridized carbons (Fsp3) is 0.0769. The maximum absolute atomic E-state index is 12.3. The highest BCUT2D eigenvalue weighted by Gasteiger charge is 2.24. The first-order chi connectivity index (χ1) is 8.63. The number of carbonyl (C=O) groups is 1. The molecule has 1 aromatic heterocycles. The van der Waals surface area contributed by atoms with Crippen LogP contribution in [-0.2, 0) is 0 Å². The van der Waals surface area contributed by atoms with Crippen molar-refractivity contribution in [3.05, 3.63) is 54.7 Å². The van der Waals surface area contributed by atoms with Crippen LogP contribution in [-0.4, -0.2) is 5.78 Å². The van der Waals surface area contributed by atoms with Gasteiger partial charge in [-0.15, -0.1) is 11.3 Å². The van der Waals surface area contributed by atoms with E-state index >= 15 is 0 Å². The highest BCUT2D eigenvalue weighted by molar-refractivity contribution is 14.1. The molecule has 2 nitrogen and oxygen atoms in total. The molecule has 1 atom stereocenters. The number of nitriles is 1. The molecule has 0 spiro atoms. The van der Waals surface area contributed by atoms with Gasteiger partial charge in [0.05, 0.1) is 8.95 Å². The van der Waals surface area contributed by atoms with E-state index in [0.29, 0.717) is 16.1 Å². The average Bonchev–Trinajstić information content (AvgIpc) is 2.79. The molecule has 0 bridgehead atoms. The van der Waals surface area contributed by atoms with Crippen LogP contribution in [0, 0.1) is 14.2 Å². The van der Waals surface area contributed by atoms with Crippen LogP contribution in [0.1, 0.15) is 21.8 Å². The molecule has 0 aliphatic heterocycles. The van der Waals surface area contributed by atoms with Crippen molar-refractivity contribution in [3.8, 4) is 6.07 Å². The summed E-state index contributed by atoms with van der Waals surface area (Å²) in [5, 5.41) is 11.4. The number of thiophene rings is 1. The number of hydrogen-bond acceptors (Lipinski definition) is 3. The molecule has 0 aliphatic carbocycles. The van der Waals surface area contributed by atoms with Crippen LogP contribution in [0.15, 0.2) is 35.7 Å². The van der Waals surface area contributed by atoms with Gasteiger partial charge in [0, 0.05) is 16.0 Å². The maximum Gasteiger partial charge on any atom is 0.185 e. The van der Waals surface area contributed by atoms with Crippen molar-refractivity contribution in [1.82, 2.24) is 0 Å². The summed E-state index contributed by atoms with van der Waals surface area (Å²) in [5.41, 5.74) is 1.13. The van der Waals surface area contributed by atoms with Gasteiger partial charge in [0.2, 0.25) is 0 Å². The van der Waals surface area contributed by atoms with Gasteiger partial charge in [-0.25, -0.2) is 0 Å². The Bertz CT molecular complexity index is 632. The molecule has 0 saturated carbocycles. The van der Waals surface area contributed by atoms with Crippen molar-refractivity contribution in [1.29, 1.82) is 5.26 Å². The molecule has 90 valence electrons. The molecule has 0 aliphatic rings. The molecule has 1 unspecified atom stereocenters. The Labute approximate surface area is 127 Å². The highest BCUT2D eigenvalue weighted by atomic mass is 127. The smallest absolute Gasteiger partial charge is 0.185 e. The lowest BCUT2D eigenvalue weighted by molar-refractivity contribution is 0.0979. The normalized spacial score (nSPS) is 11.8. The Morgan fingerprint density at radius 1 is 1.44 bits per heavy atom. The zero-order chi connectivity index (χ0) is 13.1. The first-order valence-electron chi connectivity index (χ1n) is 5.05. The van der Waals surface area contributed by atoms with Crippen molar-refractivity contribution in [2.45, 2.75) is 5.92 Å². The van der Waals surface area contributed by atoms with E-state index in [1.165, 1.54) is 11.3 Å². The van der Waals surface area contributed by atoms with Gasteiger partial charge in [0.15, 0.2) is 5.78 Å². The molecule has 18 heavy (non-hydrogen) atoms. The molecule has 2 rings (SSSR count). The minimum absolute atomic E-state index is 0.204. The molecule has 0 N–H and O–H groups in total. The summed E-state index contributed by atoms with van der Waals surface area (Å²) in [6.07, 6.45) is 0. The van der Waals surface area contributed by atoms with Gasteiger partial charge in [0.25, 0.3) is 0 Å². The molecule has 1 aromatic carbocycles. The third kappa shape index (κ3) is 2.74. The van der Waals surface area contributed by atoms with E-state index in [9.17, 15) is 10.1 Å². The first kappa shape index (κ1) is 13.5. The van der Waals surface area contributed by atoms with Crippen LogP contribution < -0.4 is 0 Å². The highest BCUT2D eigenvalue weighted by Crippen LogP contribution is 2.28. The van der Waals surface area contributed by atoms with E-state index in [1.807, 2.05) is 6.07 Å². The number of nitrogens with zero attached hydrogens (tertiary/aromatic N) is 1. The lowest BCUT2D eigenvalue weighted by Gasteiger charge is -2.09. The summed E-state index contributed by atoms with van der Waals surface area (Å²) in [4.78, 5) is 12.3. The number of halogens is 2. The molecule has 0 radical (unpaired) electrons. The molecular weight excluding hydrogens is 381 g/mol. The summed E-state index contributed by atoms with van der Waals surface area (Å²) in [5.74, 6) is -1.05. The van der Waals surface area contributed by atoms with Gasteiger partial charge in [0.1, 0.15) is 5.92 Å². The summed E-state index contributed by atoms with van der Waals surface area (Å²) in [7, 11) is 0. The minimum atomic E-state index is -0.843. The molecular formula is C13H7ClINOS. The van der Waals surface area contributed by atoms with Crippen LogP contribution >= 0.6 is 45.5 Å². The first-order valence-corrected chi connectivity index (χ1v) is 7.39. The van der Waals surface area contributed by atoms with Crippen LogP contribution in [0.2, 0.25) is 5.02 Å². The predicted molar refractivity (Wildman–Crippen MR) is 81.2 cm³/mol. The number of Topliss-reactive ketones (excluding diaryl/α,β-unsaturated/α-hetero) is 1. The Balaban J connectivity index is 2.39. The number of rotatable bonds is 3. The fourth-order valence-electron chi connectivity index (χ4n) is 1.58. The van der Waals surface area contributed by atoms with Gasteiger partial charge >= 0.3 is 0 Å². The van der Waals surface area contributed by atoms with Gasteiger partial charge in [-0.3, -0.25) is 4.79 Å². The SMILES string of the molecule is N#CC(C(=O)c1csc(I)c1)c1ccccc1Cl. The van der Waals surface area contributed by atoms with Crippen molar-refractivity contribution in [2.24, 2.45) is 0 Å². The Kier molecular flexibility index (Phi) is 4.38. The van der Waals surface area contributed by atoms with E-state index in [-0.39, 0.29) is 5.78 Å². The minimum Gasteiger partial charge on any atom is -0.292 e. The zero-order valence-corrected chi connectivity index (χ0v) is 12.8. The molecule has 2 aromatic rings. The van der Waals surface area contributed by atoms with Crippen molar-refractivity contribution < 1.29 is 4.79 Å². The van der Waals surface area contributed by atoms with Gasteiger partial charge in [-0.1, -0.05) is 29.8 Å². The second-order valence-electron chi connectivity index (χ2n) is 3.59. The Hall–Kier alpha value is -0.900. The lowest BCUT2D eigenvalue weighted by atomic mass is 9.93. The van der Waals surface area contributed by atoms with E-state index in [0.717, 1.165) is 2.88 Å². The summed E-state index contributed by atoms with van der Waals surface area (Å²) in [6, 6.07) is 10.8. The van der Waals surface area contributed by atoms with Crippen molar-refractivity contribution in [2.75, 3.05) is 0 Å². The number of carbonyl (C=O) groups excluding carboxylic acids is 1. The number of ketones is 1. The molecule has 0 fully saturated rings. The third-order valence-electron chi connectivity index (χ3n) is 2.46. The van der Waals surface area contributed by atoms with Gasteiger partial charge in [-0.2, -0.15) is 5.26 Å². The summed E-state index contributed by atoms with van der Waals surface area (Å²) >= 11 is 9.66. The van der Waals surface area contributed by atoms with Crippen LogP contribution in [0.25, 0.3) is 0 Å². The molecule has 1 heterocycles. The average molecular weight is 388 g/mol. The van der Waals surface area contributed by atoms with E-state index in [4.69, 9.17) is 11.6 Å². The number of hydrogen-bond donors (Lipinski definition) is 0. The monoisotopic (exact) mass is 387 g/mol. The topological polar surface area (TPSA) is 40.9 Å². The molecule has 0 saturated heterocycles. The maximum atomic E-state index is 12.3. The quantitative estimate of drug-likeness (QED) is 0.575. The predicted octanol–water partition coefficient (Wildman–Crippen LogP) is 4.50. The standard InChI is InChI=1S/C13H7ClINOS/c14-11-4-2-1-3-9(11)10(6-16)13(17)8-5-12(15)18-7-8/h1-5,7,10H. The molecule has 5 heteroatoms. The van der Waals surface area contributed by atoms with E-state index in [1.54, 1.807) is 35.7 Å². The molecule has 0 amide bonds. The van der Waals surface area contributed by atoms with E-state index < -0.39 is 5.92 Å². The van der Waals surface area contributed by atoms with Crippen LogP contribution in [0.5, 0.6) is 0 Å².